The molecule has 0 aliphatic rings. The molecule has 94 valence electrons. The molecule has 1 aromatic carbocycles. The number of halogens is 1. The molecular weight excluding hydrogens is 292 g/mol. The topological polar surface area (TPSA) is 63.8 Å². The second kappa shape index (κ2) is 5.46. The van der Waals surface area contributed by atoms with Crippen LogP contribution in [0.15, 0.2) is 28.7 Å². The summed E-state index contributed by atoms with van der Waals surface area (Å²) < 4.78 is 1.07. The maximum atomic E-state index is 5.46. The van der Waals surface area contributed by atoms with Crippen LogP contribution >= 0.6 is 15.9 Å². The summed E-state index contributed by atoms with van der Waals surface area (Å²) in [6.45, 7) is 3.91. The third-order valence-corrected chi connectivity index (χ3v) is 3.38. The Morgan fingerprint density at radius 3 is 2.44 bits per heavy atom. The van der Waals surface area contributed by atoms with Gasteiger partial charge in [0.05, 0.1) is 0 Å². The van der Waals surface area contributed by atoms with Gasteiger partial charge in [0.1, 0.15) is 11.6 Å². The standard InChI is InChI=1S/C13H15BrN4/c1-8-9(2)16-12(17-13(8)18-15)7-10-3-5-11(14)6-4-10/h3-6H,7,15H2,1-2H3,(H,16,17,18). The summed E-state index contributed by atoms with van der Waals surface area (Å²) in [4.78, 5) is 8.89. The molecule has 18 heavy (non-hydrogen) atoms. The van der Waals surface area contributed by atoms with Gasteiger partial charge in [-0.05, 0) is 31.5 Å². The van der Waals surface area contributed by atoms with Crippen LogP contribution < -0.4 is 11.3 Å². The quantitative estimate of drug-likeness (QED) is 0.676. The highest BCUT2D eigenvalue weighted by atomic mass is 79.9. The number of rotatable bonds is 3. The van der Waals surface area contributed by atoms with E-state index >= 15 is 0 Å². The van der Waals surface area contributed by atoms with Crippen molar-refractivity contribution in [1.82, 2.24) is 9.97 Å². The number of anilines is 1. The number of aromatic nitrogens is 2. The minimum absolute atomic E-state index is 0.689. The molecule has 2 aromatic rings. The smallest absolute Gasteiger partial charge is 0.146 e. The van der Waals surface area contributed by atoms with Gasteiger partial charge in [-0.25, -0.2) is 15.8 Å². The van der Waals surface area contributed by atoms with E-state index in [9.17, 15) is 0 Å². The van der Waals surface area contributed by atoms with Crippen molar-refractivity contribution in [1.29, 1.82) is 0 Å². The molecular formula is C13H15BrN4. The van der Waals surface area contributed by atoms with Crippen molar-refractivity contribution in [3.05, 3.63) is 51.4 Å². The van der Waals surface area contributed by atoms with E-state index in [0.717, 1.165) is 21.6 Å². The average molecular weight is 307 g/mol. The van der Waals surface area contributed by atoms with Gasteiger partial charge in [0.25, 0.3) is 0 Å². The number of benzene rings is 1. The largest absolute Gasteiger partial charge is 0.308 e. The van der Waals surface area contributed by atoms with Crippen LogP contribution in [0.2, 0.25) is 0 Å². The average Bonchev–Trinajstić information content (AvgIpc) is 2.36. The molecule has 5 heteroatoms. The van der Waals surface area contributed by atoms with Gasteiger partial charge in [-0.15, -0.1) is 0 Å². The molecule has 3 N–H and O–H groups in total. The van der Waals surface area contributed by atoms with Gasteiger partial charge in [0, 0.05) is 22.2 Å². The molecule has 0 saturated heterocycles. The van der Waals surface area contributed by atoms with E-state index in [0.29, 0.717) is 12.2 Å². The van der Waals surface area contributed by atoms with Crippen LogP contribution in [0.5, 0.6) is 0 Å². The summed E-state index contributed by atoms with van der Waals surface area (Å²) in [5.41, 5.74) is 5.72. The monoisotopic (exact) mass is 306 g/mol. The highest BCUT2D eigenvalue weighted by Crippen LogP contribution is 2.16. The first-order chi connectivity index (χ1) is 8.60. The first-order valence-corrected chi connectivity index (χ1v) is 6.44. The lowest BCUT2D eigenvalue weighted by Crippen LogP contribution is -2.13. The van der Waals surface area contributed by atoms with Gasteiger partial charge in [0.2, 0.25) is 0 Å². The summed E-state index contributed by atoms with van der Waals surface area (Å²) in [5.74, 6) is 6.92. The Morgan fingerprint density at radius 2 is 1.83 bits per heavy atom. The molecule has 0 spiro atoms. The predicted octanol–water partition coefficient (Wildman–Crippen LogP) is 2.73. The van der Waals surface area contributed by atoms with Crippen LogP contribution in [0.25, 0.3) is 0 Å². The lowest BCUT2D eigenvalue weighted by Gasteiger charge is -2.09. The number of nitrogens with two attached hydrogens (primary N) is 1. The van der Waals surface area contributed by atoms with Crippen LogP contribution in [-0.4, -0.2) is 9.97 Å². The minimum Gasteiger partial charge on any atom is -0.308 e. The molecule has 0 bridgehead atoms. The van der Waals surface area contributed by atoms with Crippen LogP contribution in [0.4, 0.5) is 5.82 Å². The number of nitrogen functional groups attached to an aromatic ring is 1. The van der Waals surface area contributed by atoms with Gasteiger partial charge < -0.3 is 5.43 Å². The number of hydrogen-bond acceptors (Lipinski definition) is 4. The van der Waals surface area contributed by atoms with Gasteiger partial charge in [-0.2, -0.15) is 0 Å². The van der Waals surface area contributed by atoms with Crippen LogP contribution in [0, 0.1) is 13.8 Å². The Balaban J connectivity index is 2.29. The summed E-state index contributed by atoms with van der Waals surface area (Å²) in [6, 6.07) is 8.13. The van der Waals surface area contributed by atoms with E-state index in [1.165, 1.54) is 5.56 Å². The number of hydrazine groups is 1. The first kappa shape index (κ1) is 13.0. The lowest BCUT2D eigenvalue weighted by atomic mass is 10.1. The number of hydrogen-bond donors (Lipinski definition) is 2. The Kier molecular flexibility index (Phi) is 3.93. The van der Waals surface area contributed by atoms with Crippen LogP contribution in [0.3, 0.4) is 0 Å². The summed E-state index contributed by atoms with van der Waals surface area (Å²) in [5, 5.41) is 0. The molecule has 0 unspecified atom stereocenters. The van der Waals surface area contributed by atoms with E-state index in [-0.39, 0.29) is 0 Å². The van der Waals surface area contributed by atoms with Crippen molar-refractivity contribution < 1.29 is 0 Å². The third kappa shape index (κ3) is 2.86. The fourth-order valence-corrected chi connectivity index (χ4v) is 1.96. The zero-order chi connectivity index (χ0) is 13.1. The van der Waals surface area contributed by atoms with Gasteiger partial charge in [0.15, 0.2) is 0 Å². The Hall–Kier alpha value is -1.46. The van der Waals surface area contributed by atoms with E-state index in [1.807, 2.05) is 26.0 Å². The van der Waals surface area contributed by atoms with Crippen molar-refractivity contribution in [2.24, 2.45) is 5.84 Å². The highest BCUT2D eigenvalue weighted by Gasteiger charge is 2.07. The summed E-state index contributed by atoms with van der Waals surface area (Å²) in [6.07, 6.45) is 0.698. The van der Waals surface area contributed by atoms with Crippen molar-refractivity contribution in [2.75, 3.05) is 5.43 Å². The Morgan fingerprint density at radius 1 is 1.17 bits per heavy atom. The molecule has 0 aliphatic heterocycles. The number of nitrogens with one attached hydrogen (secondary N) is 1. The van der Waals surface area contributed by atoms with E-state index in [1.54, 1.807) is 0 Å². The maximum absolute atomic E-state index is 5.46. The normalized spacial score (nSPS) is 10.4. The molecule has 1 aromatic heterocycles. The molecule has 2 rings (SSSR count). The zero-order valence-electron chi connectivity index (χ0n) is 10.4. The number of nitrogens with zero attached hydrogens (tertiary/aromatic N) is 2. The maximum Gasteiger partial charge on any atom is 0.146 e. The molecule has 0 radical (unpaired) electrons. The van der Waals surface area contributed by atoms with Gasteiger partial charge in [-0.1, -0.05) is 28.1 Å². The van der Waals surface area contributed by atoms with Crippen molar-refractivity contribution in [3.63, 3.8) is 0 Å². The summed E-state index contributed by atoms with van der Waals surface area (Å²) in [7, 11) is 0. The molecule has 0 atom stereocenters. The van der Waals surface area contributed by atoms with E-state index in [4.69, 9.17) is 5.84 Å². The first-order valence-electron chi connectivity index (χ1n) is 5.65. The van der Waals surface area contributed by atoms with Crippen LogP contribution in [0.1, 0.15) is 22.6 Å². The molecule has 0 fully saturated rings. The van der Waals surface area contributed by atoms with Gasteiger partial charge in [-0.3, -0.25) is 0 Å². The van der Waals surface area contributed by atoms with E-state index < -0.39 is 0 Å². The molecule has 0 amide bonds. The molecule has 4 nitrogen and oxygen atoms in total. The van der Waals surface area contributed by atoms with Gasteiger partial charge >= 0.3 is 0 Å². The highest BCUT2D eigenvalue weighted by molar-refractivity contribution is 9.10. The third-order valence-electron chi connectivity index (χ3n) is 2.85. The SMILES string of the molecule is Cc1nc(Cc2ccc(Br)cc2)nc(NN)c1C. The summed E-state index contributed by atoms with van der Waals surface area (Å²) >= 11 is 3.42. The minimum atomic E-state index is 0.689. The fraction of sp³-hybridized carbons (Fsp3) is 0.231. The second-order valence-electron chi connectivity index (χ2n) is 4.15. The van der Waals surface area contributed by atoms with Crippen molar-refractivity contribution >= 4 is 21.7 Å². The second-order valence-corrected chi connectivity index (χ2v) is 5.06. The zero-order valence-corrected chi connectivity index (χ0v) is 12.0. The van der Waals surface area contributed by atoms with Crippen LogP contribution in [-0.2, 0) is 6.42 Å². The Bertz CT molecular complexity index is 552. The van der Waals surface area contributed by atoms with Crippen molar-refractivity contribution in [2.45, 2.75) is 20.3 Å². The molecule has 0 aliphatic carbocycles. The molecule has 1 heterocycles. The lowest BCUT2D eigenvalue weighted by molar-refractivity contribution is 0.925. The van der Waals surface area contributed by atoms with E-state index in [2.05, 4.69) is 43.5 Å². The molecule has 0 saturated carbocycles. The number of aryl methyl sites for hydroxylation is 1. The predicted molar refractivity (Wildman–Crippen MR) is 76.3 cm³/mol. The van der Waals surface area contributed by atoms with Crippen molar-refractivity contribution in [3.8, 4) is 0 Å². The fourth-order valence-electron chi connectivity index (χ4n) is 1.69. The Labute approximate surface area is 115 Å².